The molecule has 0 saturated carbocycles. The third kappa shape index (κ3) is 2.86. The molecule has 1 aliphatic rings. The Balaban J connectivity index is 2.01. The Labute approximate surface area is 161 Å². The smallest absolute Gasteiger partial charge is 0.335 e. The lowest BCUT2D eigenvalue weighted by Gasteiger charge is -2.23. The standard InChI is InChI=1S/C21H15NO5S/c23-20-16-8-4-5-9-18(16)28(26,27)19-11-10-15(21(24)25)12-17(19)22(20)13-14-6-2-1-3-7-14/h1-12H,13H2,(H,24,25). The van der Waals surface area contributed by atoms with Gasteiger partial charge in [-0.1, -0.05) is 42.5 Å². The van der Waals surface area contributed by atoms with Crippen molar-refractivity contribution in [3.05, 3.63) is 89.5 Å². The number of amides is 1. The Kier molecular flexibility index (Phi) is 4.24. The van der Waals surface area contributed by atoms with E-state index in [0.29, 0.717) is 0 Å². The summed E-state index contributed by atoms with van der Waals surface area (Å²) in [5.74, 6) is -1.70. The molecule has 0 bridgehead atoms. The molecule has 0 atom stereocenters. The van der Waals surface area contributed by atoms with Gasteiger partial charge in [-0.3, -0.25) is 4.79 Å². The first-order chi connectivity index (χ1) is 13.4. The van der Waals surface area contributed by atoms with Crippen molar-refractivity contribution in [3.63, 3.8) is 0 Å². The largest absolute Gasteiger partial charge is 0.478 e. The minimum absolute atomic E-state index is 0.0601. The maximum Gasteiger partial charge on any atom is 0.335 e. The van der Waals surface area contributed by atoms with Gasteiger partial charge in [0.15, 0.2) is 0 Å². The fraction of sp³-hybridized carbons (Fsp3) is 0.0476. The SMILES string of the molecule is O=C(O)c1ccc2c(c1)N(Cc1ccccc1)C(=O)c1ccccc1S2(=O)=O. The number of aromatic carboxylic acids is 1. The average Bonchev–Trinajstić information content (AvgIpc) is 2.77. The van der Waals surface area contributed by atoms with Crippen LogP contribution in [-0.4, -0.2) is 25.4 Å². The Morgan fingerprint density at radius 1 is 0.893 bits per heavy atom. The van der Waals surface area contributed by atoms with Gasteiger partial charge in [0.2, 0.25) is 9.84 Å². The van der Waals surface area contributed by atoms with Crippen molar-refractivity contribution in [2.75, 3.05) is 4.90 Å². The normalized spacial score (nSPS) is 14.7. The Hall–Kier alpha value is -3.45. The fourth-order valence-electron chi connectivity index (χ4n) is 3.26. The van der Waals surface area contributed by atoms with Crippen LogP contribution in [0.3, 0.4) is 0 Å². The summed E-state index contributed by atoms with van der Waals surface area (Å²) in [6.07, 6.45) is 0. The van der Waals surface area contributed by atoms with E-state index in [4.69, 9.17) is 0 Å². The monoisotopic (exact) mass is 393 g/mol. The number of anilines is 1. The second-order valence-corrected chi connectivity index (χ2v) is 8.25. The molecule has 140 valence electrons. The second-order valence-electron chi connectivity index (χ2n) is 6.36. The molecule has 1 amide bonds. The Bertz CT molecular complexity index is 1200. The lowest BCUT2D eigenvalue weighted by Crippen LogP contribution is -2.30. The van der Waals surface area contributed by atoms with Crippen molar-refractivity contribution >= 4 is 27.4 Å². The van der Waals surface area contributed by atoms with Gasteiger partial charge in [0.05, 0.1) is 33.2 Å². The lowest BCUT2D eigenvalue weighted by molar-refractivity contribution is 0.0696. The van der Waals surface area contributed by atoms with Gasteiger partial charge in [0.25, 0.3) is 5.91 Å². The van der Waals surface area contributed by atoms with Gasteiger partial charge in [-0.2, -0.15) is 0 Å². The zero-order valence-electron chi connectivity index (χ0n) is 14.6. The maximum atomic E-state index is 13.3. The summed E-state index contributed by atoms with van der Waals surface area (Å²) in [6.45, 7) is 0.111. The summed E-state index contributed by atoms with van der Waals surface area (Å²) in [4.78, 5) is 25.9. The molecule has 0 spiro atoms. The van der Waals surface area contributed by atoms with E-state index < -0.39 is 21.7 Å². The number of hydrogen-bond acceptors (Lipinski definition) is 4. The van der Waals surface area contributed by atoms with Crippen molar-refractivity contribution < 1.29 is 23.1 Å². The van der Waals surface area contributed by atoms with E-state index in [0.717, 1.165) is 5.56 Å². The lowest BCUT2D eigenvalue weighted by atomic mass is 10.1. The van der Waals surface area contributed by atoms with Crippen molar-refractivity contribution in [3.8, 4) is 0 Å². The number of carboxylic acid groups (broad SMARTS) is 1. The van der Waals surface area contributed by atoms with E-state index in [2.05, 4.69) is 0 Å². The van der Waals surface area contributed by atoms with Crippen LogP contribution in [0.5, 0.6) is 0 Å². The molecule has 28 heavy (non-hydrogen) atoms. The van der Waals surface area contributed by atoms with Gasteiger partial charge in [-0.25, -0.2) is 13.2 Å². The van der Waals surface area contributed by atoms with Crippen LogP contribution in [0.4, 0.5) is 5.69 Å². The van der Waals surface area contributed by atoms with Crippen LogP contribution in [0.25, 0.3) is 0 Å². The molecule has 7 heteroatoms. The van der Waals surface area contributed by atoms with Crippen LogP contribution in [0.2, 0.25) is 0 Å². The predicted octanol–water partition coefficient (Wildman–Crippen LogP) is 3.38. The molecule has 0 fully saturated rings. The number of sulfone groups is 1. The van der Waals surface area contributed by atoms with Gasteiger partial charge in [-0.15, -0.1) is 0 Å². The van der Waals surface area contributed by atoms with Gasteiger partial charge in [-0.05, 0) is 35.9 Å². The number of carbonyl (C=O) groups excluding carboxylic acids is 1. The molecule has 1 aliphatic heterocycles. The maximum absolute atomic E-state index is 13.3. The molecule has 0 saturated heterocycles. The van der Waals surface area contributed by atoms with E-state index >= 15 is 0 Å². The highest BCUT2D eigenvalue weighted by molar-refractivity contribution is 7.91. The summed E-state index contributed by atoms with van der Waals surface area (Å²) < 4.78 is 26.4. The molecule has 4 rings (SSSR count). The van der Waals surface area contributed by atoms with Crippen LogP contribution < -0.4 is 4.90 Å². The van der Waals surface area contributed by atoms with Crippen LogP contribution in [-0.2, 0) is 16.4 Å². The number of fused-ring (bicyclic) bond motifs is 2. The van der Waals surface area contributed by atoms with E-state index in [1.54, 1.807) is 12.1 Å². The molecule has 3 aromatic carbocycles. The van der Waals surface area contributed by atoms with Crippen molar-refractivity contribution in [2.45, 2.75) is 16.3 Å². The van der Waals surface area contributed by atoms with Gasteiger partial charge in [0.1, 0.15) is 0 Å². The number of hydrogen-bond donors (Lipinski definition) is 1. The average molecular weight is 393 g/mol. The molecular formula is C21H15NO5S. The first kappa shape index (κ1) is 17.9. The van der Waals surface area contributed by atoms with Crippen LogP contribution in [0.1, 0.15) is 26.3 Å². The third-order valence-corrected chi connectivity index (χ3v) is 6.48. The molecule has 0 unspecified atom stereocenters. The summed E-state index contributed by atoms with van der Waals surface area (Å²) in [5, 5.41) is 9.35. The minimum atomic E-state index is -3.99. The van der Waals surface area contributed by atoms with Crippen molar-refractivity contribution in [1.29, 1.82) is 0 Å². The second kappa shape index (κ2) is 6.61. The van der Waals surface area contributed by atoms with E-state index in [1.807, 2.05) is 30.3 Å². The number of rotatable bonds is 3. The Morgan fingerprint density at radius 2 is 1.57 bits per heavy atom. The molecule has 1 N–H and O–H groups in total. The van der Waals surface area contributed by atoms with E-state index in [1.165, 1.54) is 35.2 Å². The third-order valence-electron chi connectivity index (χ3n) is 4.62. The van der Waals surface area contributed by atoms with Gasteiger partial charge in [0, 0.05) is 0 Å². The molecular weight excluding hydrogens is 378 g/mol. The molecule has 0 aliphatic carbocycles. The van der Waals surface area contributed by atoms with Crippen LogP contribution in [0, 0.1) is 0 Å². The molecule has 0 radical (unpaired) electrons. The minimum Gasteiger partial charge on any atom is -0.478 e. The number of nitrogens with zero attached hydrogens (tertiary/aromatic N) is 1. The first-order valence-corrected chi connectivity index (χ1v) is 9.95. The quantitative estimate of drug-likeness (QED) is 0.737. The number of carbonyl (C=O) groups is 2. The predicted molar refractivity (Wildman–Crippen MR) is 102 cm³/mol. The molecule has 1 heterocycles. The van der Waals surface area contributed by atoms with Crippen molar-refractivity contribution in [1.82, 2.24) is 0 Å². The highest BCUT2D eigenvalue weighted by Crippen LogP contribution is 2.38. The fourth-order valence-corrected chi connectivity index (χ4v) is 4.89. The molecule has 6 nitrogen and oxygen atoms in total. The topological polar surface area (TPSA) is 91.8 Å². The van der Waals surface area contributed by atoms with Gasteiger partial charge >= 0.3 is 5.97 Å². The highest BCUT2D eigenvalue weighted by atomic mass is 32.2. The summed E-state index contributed by atoms with van der Waals surface area (Å²) in [7, 11) is -3.99. The zero-order valence-corrected chi connectivity index (χ0v) is 15.4. The molecule has 3 aromatic rings. The zero-order chi connectivity index (χ0) is 19.9. The van der Waals surface area contributed by atoms with Crippen molar-refractivity contribution in [2.24, 2.45) is 0 Å². The Morgan fingerprint density at radius 3 is 2.29 bits per heavy atom. The summed E-state index contributed by atoms with van der Waals surface area (Å²) >= 11 is 0. The summed E-state index contributed by atoms with van der Waals surface area (Å²) in [6, 6.07) is 18.9. The van der Waals surface area contributed by atoms with E-state index in [9.17, 15) is 23.1 Å². The van der Waals surface area contributed by atoms with Crippen LogP contribution >= 0.6 is 0 Å². The van der Waals surface area contributed by atoms with Gasteiger partial charge < -0.3 is 10.0 Å². The first-order valence-electron chi connectivity index (χ1n) is 8.47. The number of benzene rings is 3. The van der Waals surface area contributed by atoms with E-state index in [-0.39, 0.29) is 33.2 Å². The molecule has 0 aromatic heterocycles. The number of carboxylic acids is 1. The van der Waals surface area contributed by atoms with Crippen LogP contribution in [0.15, 0.2) is 82.6 Å². The summed E-state index contributed by atoms with van der Waals surface area (Å²) in [5.41, 5.74) is 0.821. The highest BCUT2D eigenvalue weighted by Gasteiger charge is 2.36.